The van der Waals surface area contributed by atoms with Gasteiger partial charge < -0.3 is 0 Å². The van der Waals surface area contributed by atoms with Crippen LogP contribution in [0.25, 0.3) is 16.6 Å². The molecule has 17 heavy (non-hydrogen) atoms. The molecule has 1 aromatic heterocycles. The van der Waals surface area contributed by atoms with Gasteiger partial charge in [0.15, 0.2) is 0 Å². The van der Waals surface area contributed by atoms with Crippen molar-refractivity contribution >= 4 is 10.9 Å². The lowest BCUT2D eigenvalue weighted by atomic mass is 10.1. The normalized spacial score (nSPS) is 10.9. The molecule has 0 saturated heterocycles. The van der Waals surface area contributed by atoms with Gasteiger partial charge in [0.2, 0.25) is 0 Å². The Balaban J connectivity index is 2.32. The molecule has 3 aromatic rings. The van der Waals surface area contributed by atoms with Gasteiger partial charge in [-0.1, -0.05) is 29.8 Å². The van der Waals surface area contributed by atoms with Gasteiger partial charge in [-0.25, -0.2) is 4.68 Å². The van der Waals surface area contributed by atoms with Crippen LogP contribution in [0.1, 0.15) is 11.3 Å². The maximum atomic E-state index is 4.62. The average molecular weight is 222 g/mol. The number of benzene rings is 2. The number of hydrogen-bond donors (Lipinski definition) is 0. The molecule has 0 unspecified atom stereocenters. The molecule has 0 fully saturated rings. The van der Waals surface area contributed by atoms with Gasteiger partial charge in [-0.15, -0.1) is 0 Å². The highest BCUT2D eigenvalue weighted by atomic mass is 15.3. The van der Waals surface area contributed by atoms with E-state index in [1.807, 2.05) is 22.9 Å². The van der Waals surface area contributed by atoms with Gasteiger partial charge in [-0.05, 0) is 38.1 Å². The number of aryl methyl sites for hydroxylation is 2. The molecule has 0 aliphatic carbocycles. The van der Waals surface area contributed by atoms with E-state index in [1.54, 1.807) is 0 Å². The molecule has 2 heteroatoms. The molecular weight excluding hydrogens is 208 g/mol. The van der Waals surface area contributed by atoms with Gasteiger partial charge >= 0.3 is 0 Å². The fraction of sp³-hybridized carbons (Fsp3) is 0.133. The summed E-state index contributed by atoms with van der Waals surface area (Å²) in [7, 11) is 0. The van der Waals surface area contributed by atoms with Crippen LogP contribution in [-0.4, -0.2) is 9.78 Å². The van der Waals surface area contributed by atoms with E-state index in [9.17, 15) is 0 Å². The van der Waals surface area contributed by atoms with Crippen LogP contribution < -0.4 is 0 Å². The van der Waals surface area contributed by atoms with Crippen LogP contribution in [0, 0.1) is 13.8 Å². The van der Waals surface area contributed by atoms with Crippen LogP contribution in [0.5, 0.6) is 0 Å². The average Bonchev–Trinajstić information content (AvgIpc) is 2.68. The van der Waals surface area contributed by atoms with E-state index in [2.05, 4.69) is 49.3 Å². The number of para-hydroxylation sites is 1. The van der Waals surface area contributed by atoms with E-state index >= 15 is 0 Å². The minimum Gasteiger partial charge on any atom is -0.233 e. The molecule has 0 spiro atoms. The summed E-state index contributed by atoms with van der Waals surface area (Å²) in [5.41, 5.74) is 4.62. The fourth-order valence-electron chi connectivity index (χ4n) is 2.15. The summed E-state index contributed by atoms with van der Waals surface area (Å²) in [6.45, 7) is 4.17. The Morgan fingerprint density at radius 1 is 0.941 bits per heavy atom. The Bertz CT molecular complexity index is 666. The van der Waals surface area contributed by atoms with Gasteiger partial charge in [0.05, 0.1) is 16.9 Å². The van der Waals surface area contributed by atoms with E-state index in [1.165, 1.54) is 16.5 Å². The van der Waals surface area contributed by atoms with Crippen LogP contribution in [0.3, 0.4) is 0 Å². The largest absolute Gasteiger partial charge is 0.233 e. The molecular formula is C15H14N2. The molecule has 2 aromatic carbocycles. The summed E-state index contributed by atoms with van der Waals surface area (Å²) in [6, 6.07) is 16.7. The van der Waals surface area contributed by atoms with E-state index < -0.39 is 0 Å². The van der Waals surface area contributed by atoms with E-state index in [-0.39, 0.29) is 0 Å². The second-order valence-electron chi connectivity index (χ2n) is 4.35. The van der Waals surface area contributed by atoms with Gasteiger partial charge in [-0.2, -0.15) is 5.10 Å². The van der Waals surface area contributed by atoms with E-state index in [4.69, 9.17) is 0 Å². The summed E-state index contributed by atoms with van der Waals surface area (Å²) < 4.78 is 2.00. The molecule has 0 radical (unpaired) electrons. The van der Waals surface area contributed by atoms with Crippen molar-refractivity contribution in [1.29, 1.82) is 0 Å². The molecule has 1 heterocycles. The van der Waals surface area contributed by atoms with E-state index in [0.29, 0.717) is 0 Å². The Kier molecular flexibility index (Phi) is 2.22. The monoisotopic (exact) mass is 222 g/mol. The summed E-state index contributed by atoms with van der Waals surface area (Å²) in [6.07, 6.45) is 0. The molecule has 0 saturated carbocycles. The standard InChI is InChI=1S/C15H14N2/c1-11-8-9-15-14(10-11)12(2)16-17(15)13-6-4-3-5-7-13/h3-10H,1-2H3. The van der Waals surface area contributed by atoms with Crippen molar-refractivity contribution in [3.8, 4) is 5.69 Å². The Labute approximate surface area is 101 Å². The molecule has 0 atom stereocenters. The lowest BCUT2D eigenvalue weighted by Crippen LogP contribution is -1.95. The maximum Gasteiger partial charge on any atom is 0.0744 e. The summed E-state index contributed by atoms with van der Waals surface area (Å²) in [5, 5.41) is 5.85. The minimum absolute atomic E-state index is 1.08. The summed E-state index contributed by atoms with van der Waals surface area (Å²) >= 11 is 0. The lowest BCUT2D eigenvalue weighted by Gasteiger charge is -2.02. The zero-order chi connectivity index (χ0) is 11.8. The molecule has 0 aliphatic rings. The summed E-state index contributed by atoms with van der Waals surface area (Å²) in [4.78, 5) is 0. The fourth-order valence-corrected chi connectivity index (χ4v) is 2.15. The lowest BCUT2D eigenvalue weighted by molar-refractivity contribution is 0.889. The minimum atomic E-state index is 1.08. The van der Waals surface area contributed by atoms with Crippen molar-refractivity contribution in [1.82, 2.24) is 9.78 Å². The van der Waals surface area contributed by atoms with Crippen LogP contribution in [0.2, 0.25) is 0 Å². The molecule has 3 rings (SSSR count). The maximum absolute atomic E-state index is 4.62. The quantitative estimate of drug-likeness (QED) is 0.614. The SMILES string of the molecule is Cc1ccc2c(c1)c(C)nn2-c1ccccc1. The molecule has 0 aliphatic heterocycles. The summed E-state index contributed by atoms with van der Waals surface area (Å²) in [5.74, 6) is 0. The highest BCUT2D eigenvalue weighted by Crippen LogP contribution is 2.22. The first-order valence-corrected chi connectivity index (χ1v) is 5.77. The molecule has 0 amide bonds. The molecule has 0 bridgehead atoms. The number of aromatic nitrogens is 2. The van der Waals surface area contributed by atoms with Crippen molar-refractivity contribution < 1.29 is 0 Å². The second kappa shape index (κ2) is 3.74. The molecule has 0 N–H and O–H groups in total. The molecule has 2 nitrogen and oxygen atoms in total. The Morgan fingerprint density at radius 3 is 2.47 bits per heavy atom. The third-order valence-electron chi connectivity index (χ3n) is 3.02. The third-order valence-corrected chi connectivity index (χ3v) is 3.02. The van der Waals surface area contributed by atoms with Crippen molar-refractivity contribution in [3.05, 3.63) is 59.8 Å². The van der Waals surface area contributed by atoms with Gasteiger partial charge in [0.1, 0.15) is 0 Å². The van der Waals surface area contributed by atoms with Crippen molar-refractivity contribution in [2.45, 2.75) is 13.8 Å². The van der Waals surface area contributed by atoms with E-state index in [0.717, 1.165) is 11.4 Å². The van der Waals surface area contributed by atoms with Crippen LogP contribution in [-0.2, 0) is 0 Å². The Morgan fingerprint density at radius 2 is 1.71 bits per heavy atom. The van der Waals surface area contributed by atoms with Crippen molar-refractivity contribution in [2.75, 3.05) is 0 Å². The highest BCUT2D eigenvalue weighted by molar-refractivity contribution is 5.84. The Hall–Kier alpha value is -2.09. The number of hydrogen-bond acceptors (Lipinski definition) is 1. The number of nitrogens with zero attached hydrogens (tertiary/aromatic N) is 2. The van der Waals surface area contributed by atoms with Gasteiger partial charge in [0.25, 0.3) is 0 Å². The first-order valence-electron chi connectivity index (χ1n) is 5.77. The topological polar surface area (TPSA) is 17.8 Å². The zero-order valence-corrected chi connectivity index (χ0v) is 10.0. The number of rotatable bonds is 1. The van der Waals surface area contributed by atoms with Crippen molar-refractivity contribution in [3.63, 3.8) is 0 Å². The van der Waals surface area contributed by atoms with Gasteiger partial charge in [-0.3, -0.25) is 0 Å². The number of fused-ring (bicyclic) bond motifs is 1. The third kappa shape index (κ3) is 1.62. The zero-order valence-electron chi connectivity index (χ0n) is 10.0. The van der Waals surface area contributed by atoms with Crippen molar-refractivity contribution in [2.24, 2.45) is 0 Å². The predicted molar refractivity (Wildman–Crippen MR) is 70.5 cm³/mol. The van der Waals surface area contributed by atoms with Crippen LogP contribution in [0.15, 0.2) is 48.5 Å². The molecule has 84 valence electrons. The van der Waals surface area contributed by atoms with Gasteiger partial charge in [0, 0.05) is 5.39 Å². The predicted octanol–water partition coefficient (Wildman–Crippen LogP) is 3.64. The smallest absolute Gasteiger partial charge is 0.0744 e. The highest BCUT2D eigenvalue weighted by Gasteiger charge is 2.08. The van der Waals surface area contributed by atoms with Crippen LogP contribution >= 0.6 is 0 Å². The first-order chi connectivity index (χ1) is 8.25. The first kappa shape index (κ1) is 10.1. The second-order valence-corrected chi connectivity index (χ2v) is 4.35. The van der Waals surface area contributed by atoms with Crippen LogP contribution in [0.4, 0.5) is 0 Å².